The van der Waals surface area contributed by atoms with Gasteiger partial charge in [-0.15, -0.1) is 0 Å². The van der Waals surface area contributed by atoms with Gasteiger partial charge in [0, 0.05) is 5.92 Å². The van der Waals surface area contributed by atoms with Gasteiger partial charge in [0.05, 0.1) is 6.10 Å². The first kappa shape index (κ1) is 22.8. The highest BCUT2D eigenvalue weighted by Gasteiger charge is 2.40. The zero-order valence-electron chi connectivity index (χ0n) is 18.0. The van der Waals surface area contributed by atoms with E-state index < -0.39 is 8.32 Å². The monoisotopic (exact) mass is 374 g/mol. The maximum atomic E-state index is 11.5. The summed E-state index contributed by atoms with van der Waals surface area (Å²) in [4.78, 5) is 11.5. The number of hydrogen-bond donors (Lipinski definition) is 0. The minimum absolute atomic E-state index is 0.118. The Morgan fingerprint density at radius 2 is 1.73 bits per heavy atom. The molecular weight excluding hydrogens is 336 g/mol. The van der Waals surface area contributed by atoms with Gasteiger partial charge in [0.1, 0.15) is 6.29 Å². The van der Waals surface area contributed by atoms with Crippen LogP contribution in [-0.4, -0.2) is 20.7 Å². The van der Waals surface area contributed by atoms with E-state index in [1.165, 1.54) is 11.1 Å². The molecule has 0 unspecified atom stereocenters. The fourth-order valence-corrected chi connectivity index (χ4v) is 4.24. The molecule has 0 aliphatic carbocycles. The Bertz CT molecular complexity index is 584. The third-order valence-electron chi connectivity index (χ3n) is 5.65. The van der Waals surface area contributed by atoms with Gasteiger partial charge in [0.15, 0.2) is 8.32 Å². The van der Waals surface area contributed by atoms with Gasteiger partial charge >= 0.3 is 0 Å². The molecule has 0 aliphatic rings. The maximum absolute atomic E-state index is 11.5. The second-order valence-electron chi connectivity index (χ2n) is 9.21. The van der Waals surface area contributed by atoms with E-state index >= 15 is 0 Å². The molecule has 1 aromatic rings. The molecule has 0 saturated carbocycles. The number of rotatable bonds is 9. The summed E-state index contributed by atoms with van der Waals surface area (Å²) in [5, 5.41) is 0.132. The van der Waals surface area contributed by atoms with Crippen LogP contribution in [0.5, 0.6) is 0 Å². The molecule has 0 fully saturated rings. The summed E-state index contributed by atoms with van der Waals surface area (Å²) < 4.78 is 6.62. The molecule has 0 amide bonds. The van der Waals surface area contributed by atoms with Gasteiger partial charge < -0.3 is 9.22 Å². The molecule has 146 valence electrons. The van der Waals surface area contributed by atoms with Gasteiger partial charge in [0.25, 0.3) is 0 Å². The highest BCUT2D eigenvalue weighted by molar-refractivity contribution is 6.74. The van der Waals surface area contributed by atoms with E-state index in [4.69, 9.17) is 4.43 Å². The van der Waals surface area contributed by atoms with Crippen molar-refractivity contribution in [2.45, 2.75) is 78.6 Å². The first-order valence-corrected chi connectivity index (χ1v) is 12.7. The van der Waals surface area contributed by atoms with Crippen LogP contribution in [-0.2, 0) is 15.6 Å². The summed E-state index contributed by atoms with van der Waals surface area (Å²) in [5.74, 6) is 0.335. The quantitative estimate of drug-likeness (QED) is 0.283. The topological polar surface area (TPSA) is 26.3 Å². The second-order valence-corrected chi connectivity index (χ2v) is 14.0. The number of hydrogen-bond acceptors (Lipinski definition) is 2. The molecular formula is C23H38O2Si. The molecule has 0 heterocycles. The van der Waals surface area contributed by atoms with Crippen molar-refractivity contribution in [1.82, 2.24) is 0 Å². The summed E-state index contributed by atoms with van der Waals surface area (Å²) in [6.07, 6.45) is 5.39. The molecule has 3 heteroatoms. The lowest BCUT2D eigenvalue weighted by molar-refractivity contribution is -0.112. The molecule has 26 heavy (non-hydrogen) atoms. The van der Waals surface area contributed by atoms with Crippen LogP contribution in [0.15, 0.2) is 42.0 Å². The fraction of sp³-hybridized carbons (Fsp3) is 0.609. The normalized spacial score (nSPS) is 16.8. The van der Waals surface area contributed by atoms with Crippen molar-refractivity contribution >= 4 is 14.6 Å². The van der Waals surface area contributed by atoms with Gasteiger partial charge in [-0.3, -0.25) is 0 Å². The maximum Gasteiger partial charge on any atom is 0.192 e. The largest absolute Gasteiger partial charge is 0.410 e. The van der Waals surface area contributed by atoms with Crippen molar-refractivity contribution < 1.29 is 9.22 Å². The van der Waals surface area contributed by atoms with Crippen molar-refractivity contribution in [2.75, 3.05) is 0 Å². The zero-order valence-corrected chi connectivity index (χ0v) is 19.0. The SMILES string of the molecule is C/C(=C\[C@@H](C)CCc1ccccc1)[C@H](O[Si](C)(C)C(C)(C)C)[C@H](C)C=O. The van der Waals surface area contributed by atoms with E-state index in [1.807, 2.05) is 6.92 Å². The molecule has 0 aliphatic heterocycles. The third-order valence-corrected chi connectivity index (χ3v) is 10.1. The van der Waals surface area contributed by atoms with Crippen LogP contribution in [0.3, 0.4) is 0 Å². The molecule has 0 aromatic heterocycles. The van der Waals surface area contributed by atoms with Gasteiger partial charge in [-0.05, 0) is 55.0 Å². The van der Waals surface area contributed by atoms with Crippen LogP contribution < -0.4 is 0 Å². The van der Waals surface area contributed by atoms with Crippen LogP contribution in [0.1, 0.15) is 53.5 Å². The number of benzene rings is 1. The van der Waals surface area contributed by atoms with Gasteiger partial charge in [-0.25, -0.2) is 0 Å². The van der Waals surface area contributed by atoms with E-state index in [2.05, 4.69) is 84.1 Å². The minimum atomic E-state index is -1.93. The molecule has 0 N–H and O–H groups in total. The van der Waals surface area contributed by atoms with Crippen molar-refractivity contribution in [1.29, 1.82) is 0 Å². The lowest BCUT2D eigenvalue weighted by Gasteiger charge is -2.40. The Kier molecular flexibility index (Phi) is 8.49. The van der Waals surface area contributed by atoms with Crippen molar-refractivity contribution in [3.05, 3.63) is 47.5 Å². The number of aldehydes is 1. The highest BCUT2D eigenvalue weighted by Crippen LogP contribution is 2.39. The predicted octanol–water partition coefficient (Wildman–Crippen LogP) is 6.43. The molecule has 3 atom stereocenters. The summed E-state index contributed by atoms with van der Waals surface area (Å²) in [6, 6.07) is 10.6. The highest BCUT2D eigenvalue weighted by atomic mass is 28.4. The summed E-state index contributed by atoms with van der Waals surface area (Å²) in [5.41, 5.74) is 2.57. The standard InChI is InChI=1S/C23H38O2Si/c1-18(14-15-21-12-10-9-11-13-21)16-19(2)22(20(3)17-24)25-26(7,8)23(4,5)6/h9-13,16-18,20,22H,14-15H2,1-8H3/b19-16+/t18-,20+,22-/m0/s1. The Balaban J connectivity index is 2.85. The molecule has 0 bridgehead atoms. The van der Waals surface area contributed by atoms with Crippen LogP contribution in [0.2, 0.25) is 18.1 Å². The Labute approximate surface area is 162 Å². The van der Waals surface area contributed by atoms with Gasteiger partial charge in [-0.1, -0.05) is 71.0 Å². The second kappa shape index (κ2) is 9.66. The predicted molar refractivity (Wildman–Crippen MR) is 115 cm³/mol. The first-order chi connectivity index (χ1) is 12.0. The van der Waals surface area contributed by atoms with Crippen LogP contribution in [0.4, 0.5) is 0 Å². The number of aryl methyl sites for hydroxylation is 1. The Morgan fingerprint density at radius 1 is 1.15 bits per heavy atom. The van der Waals surface area contributed by atoms with Crippen LogP contribution in [0, 0.1) is 11.8 Å². The molecule has 2 nitrogen and oxygen atoms in total. The molecule has 1 rings (SSSR count). The summed E-state index contributed by atoms with van der Waals surface area (Å²) >= 11 is 0. The molecule has 1 aromatic carbocycles. The minimum Gasteiger partial charge on any atom is -0.410 e. The van der Waals surface area contributed by atoms with Crippen LogP contribution in [0.25, 0.3) is 0 Å². The van der Waals surface area contributed by atoms with Gasteiger partial charge in [-0.2, -0.15) is 0 Å². The number of carbonyl (C=O) groups excluding carboxylic acids is 1. The van der Waals surface area contributed by atoms with E-state index in [0.29, 0.717) is 5.92 Å². The number of allylic oxidation sites excluding steroid dienone is 1. The lowest BCUT2D eigenvalue weighted by Crippen LogP contribution is -2.46. The molecule has 0 radical (unpaired) electrons. The third kappa shape index (κ3) is 6.84. The van der Waals surface area contributed by atoms with E-state index in [9.17, 15) is 4.79 Å². The molecule has 0 spiro atoms. The van der Waals surface area contributed by atoms with E-state index in [-0.39, 0.29) is 17.1 Å². The smallest absolute Gasteiger partial charge is 0.192 e. The number of carbonyl (C=O) groups is 1. The van der Waals surface area contributed by atoms with Crippen molar-refractivity contribution in [3.8, 4) is 0 Å². The van der Waals surface area contributed by atoms with E-state index in [1.54, 1.807) is 0 Å². The summed E-state index contributed by atoms with van der Waals surface area (Å²) in [6.45, 7) is 17.6. The first-order valence-electron chi connectivity index (χ1n) is 9.83. The Morgan fingerprint density at radius 3 is 2.23 bits per heavy atom. The van der Waals surface area contributed by atoms with Gasteiger partial charge in [0.2, 0.25) is 0 Å². The summed E-state index contributed by atoms with van der Waals surface area (Å²) in [7, 11) is -1.93. The average Bonchev–Trinajstić information content (AvgIpc) is 2.57. The average molecular weight is 375 g/mol. The van der Waals surface area contributed by atoms with E-state index in [0.717, 1.165) is 19.1 Å². The van der Waals surface area contributed by atoms with Crippen molar-refractivity contribution in [2.24, 2.45) is 11.8 Å². The van der Waals surface area contributed by atoms with Crippen LogP contribution >= 0.6 is 0 Å². The zero-order chi connectivity index (χ0) is 20.0. The molecule has 0 saturated heterocycles. The van der Waals surface area contributed by atoms with Crippen molar-refractivity contribution in [3.63, 3.8) is 0 Å². The lowest BCUT2D eigenvalue weighted by atomic mass is 9.94. The Hall–Kier alpha value is -1.19. The fourth-order valence-electron chi connectivity index (χ4n) is 2.85.